The van der Waals surface area contributed by atoms with Crippen LogP contribution in [-0.2, 0) is 0 Å². The highest BCUT2D eigenvalue weighted by molar-refractivity contribution is 7.21. The van der Waals surface area contributed by atoms with Crippen LogP contribution in [0.1, 0.15) is 26.1 Å². The number of nitrogens with zero attached hydrogens (tertiary/aromatic N) is 4. The molecule has 0 atom stereocenters. The second-order valence-corrected chi connectivity index (χ2v) is 15.0. The Labute approximate surface area is 350 Å². The molecule has 286 valence electrons. The molecule has 0 spiro atoms. The van der Waals surface area contributed by atoms with Crippen LogP contribution in [0.4, 0.5) is 5.69 Å². The summed E-state index contributed by atoms with van der Waals surface area (Å²) in [5.41, 5.74) is 12.8. The van der Waals surface area contributed by atoms with Crippen molar-refractivity contribution in [2.24, 2.45) is 5.73 Å². The van der Waals surface area contributed by atoms with E-state index in [1.165, 1.54) is 0 Å². The lowest BCUT2D eigenvalue weighted by Gasteiger charge is -2.08. The van der Waals surface area contributed by atoms with Crippen molar-refractivity contribution in [3.05, 3.63) is 193 Å². The third-order valence-corrected chi connectivity index (χ3v) is 10.9. The van der Waals surface area contributed by atoms with E-state index >= 15 is 0 Å². The Morgan fingerprint density at radius 3 is 1.81 bits per heavy atom. The number of hydrogen-bond donors (Lipinski definition) is 2. The van der Waals surface area contributed by atoms with E-state index in [0.717, 1.165) is 52.7 Å². The molecule has 1 aliphatic rings. The van der Waals surface area contributed by atoms with Crippen LogP contribution in [-0.4, -0.2) is 31.1 Å². The van der Waals surface area contributed by atoms with E-state index in [9.17, 15) is 9.59 Å². The van der Waals surface area contributed by atoms with Gasteiger partial charge >= 0.3 is 0 Å². The second-order valence-electron chi connectivity index (χ2n) is 12.6. The van der Waals surface area contributed by atoms with Gasteiger partial charge in [0.2, 0.25) is 0 Å². The summed E-state index contributed by atoms with van der Waals surface area (Å²) in [5.74, 6) is 1.43. The van der Waals surface area contributed by atoms with Crippen LogP contribution in [0.5, 0.6) is 0 Å². The zero-order valence-electron chi connectivity index (χ0n) is 30.8. The average molecular weight is 830 g/mol. The first kappa shape index (κ1) is 38.5. The molecule has 3 N–H and O–H groups in total. The predicted molar refractivity (Wildman–Crippen MR) is 235 cm³/mol. The number of aromatic nitrogens is 4. The van der Waals surface area contributed by atoms with Gasteiger partial charge < -0.3 is 19.9 Å². The molecule has 1 amide bonds. The van der Waals surface area contributed by atoms with Crippen LogP contribution in [0.3, 0.4) is 0 Å². The van der Waals surface area contributed by atoms with Gasteiger partial charge in [-0.2, -0.15) is 0 Å². The summed E-state index contributed by atoms with van der Waals surface area (Å²) >= 11 is 8.41. The Bertz CT molecular complexity index is 2940. The van der Waals surface area contributed by atoms with E-state index < -0.39 is 5.24 Å². The Morgan fingerprint density at radius 2 is 1.22 bits per heavy atom. The van der Waals surface area contributed by atoms with Gasteiger partial charge in [-0.3, -0.25) is 19.6 Å². The summed E-state index contributed by atoms with van der Waals surface area (Å²) in [6, 6.07) is 37.4. The van der Waals surface area contributed by atoms with Crippen molar-refractivity contribution >= 4 is 77.1 Å². The second kappa shape index (κ2) is 17.9. The number of halogens is 1. The van der Waals surface area contributed by atoms with Crippen LogP contribution in [0.2, 0.25) is 0 Å². The molecule has 13 heteroatoms. The number of rotatable bonds is 7. The third kappa shape index (κ3) is 9.12. The number of para-hydroxylation sites is 1. The Hall–Kier alpha value is -7.34. The minimum atomic E-state index is -0.577. The lowest BCUT2D eigenvalue weighted by molar-refractivity contribution is 0.0996. The van der Waals surface area contributed by atoms with Crippen LogP contribution in [0.15, 0.2) is 179 Å². The van der Waals surface area contributed by atoms with E-state index in [1.54, 1.807) is 71.6 Å². The number of allylic oxidation sites excluding steroid dienone is 5. The van der Waals surface area contributed by atoms with E-state index in [1.807, 2.05) is 115 Å². The highest BCUT2D eigenvalue weighted by Gasteiger charge is 2.18. The van der Waals surface area contributed by atoms with Gasteiger partial charge in [0.1, 0.15) is 34.3 Å². The molecule has 6 aromatic heterocycles. The number of anilines is 1. The number of hydrogen-bond acceptors (Lipinski definition) is 11. The molecule has 9 aromatic rings. The lowest BCUT2D eigenvalue weighted by atomic mass is 10.1. The minimum absolute atomic E-state index is 0.172. The summed E-state index contributed by atoms with van der Waals surface area (Å²) < 4.78 is 13.1. The summed E-state index contributed by atoms with van der Waals surface area (Å²) in [4.78, 5) is 41.0. The third-order valence-electron chi connectivity index (χ3n) is 8.66. The monoisotopic (exact) mass is 829 g/mol. The Morgan fingerprint density at radius 1 is 0.661 bits per heavy atom. The Balaban J connectivity index is 0.000000136. The highest BCUT2D eigenvalue weighted by Crippen LogP contribution is 2.35. The van der Waals surface area contributed by atoms with Crippen LogP contribution in [0.25, 0.3) is 59.2 Å². The number of nitrogens with one attached hydrogen (secondary N) is 1. The van der Waals surface area contributed by atoms with Gasteiger partial charge in [0.25, 0.3) is 11.1 Å². The van der Waals surface area contributed by atoms with Crippen molar-refractivity contribution in [2.75, 3.05) is 5.32 Å². The van der Waals surface area contributed by atoms with Crippen molar-refractivity contribution < 1.29 is 18.4 Å². The van der Waals surface area contributed by atoms with Gasteiger partial charge in [-0.25, -0.2) is 9.97 Å². The molecule has 0 saturated carbocycles. The molecule has 10 rings (SSSR count). The number of nitrogens with two attached hydrogens (primary N) is 1. The zero-order chi connectivity index (χ0) is 40.6. The molecule has 0 saturated heterocycles. The van der Waals surface area contributed by atoms with Crippen molar-refractivity contribution in [3.63, 3.8) is 0 Å². The fourth-order valence-corrected chi connectivity index (χ4v) is 7.86. The molecular weight excluding hydrogens is 800 g/mol. The summed E-state index contributed by atoms with van der Waals surface area (Å²) in [5, 5.41) is 4.13. The number of thiazole rings is 2. The largest absolute Gasteiger partial charge is 0.452 e. The highest BCUT2D eigenvalue weighted by atomic mass is 35.5. The smallest absolute Gasteiger partial charge is 0.291 e. The van der Waals surface area contributed by atoms with Gasteiger partial charge in [0.05, 0.1) is 32.2 Å². The average Bonchev–Trinajstić information content (AvgIpc) is 4.12. The van der Waals surface area contributed by atoms with Gasteiger partial charge in [-0.1, -0.05) is 72.8 Å². The normalized spacial score (nSPS) is 11.7. The number of carbonyl (C=O) groups is 2. The van der Waals surface area contributed by atoms with Crippen molar-refractivity contribution in [1.82, 2.24) is 19.9 Å². The Kier molecular flexibility index (Phi) is 11.7. The molecule has 0 unspecified atom stereocenters. The number of pyridine rings is 2. The molecule has 1 aliphatic carbocycles. The molecular formula is C46H30ClN6O4S2+. The summed E-state index contributed by atoms with van der Waals surface area (Å²) in [7, 11) is 0. The van der Waals surface area contributed by atoms with Gasteiger partial charge in [0.15, 0.2) is 22.2 Å². The summed E-state index contributed by atoms with van der Waals surface area (Å²) in [6.07, 6.45) is 15.6. The number of benzene rings is 3. The maximum atomic E-state index is 12.8. The van der Waals surface area contributed by atoms with E-state index in [4.69, 9.17) is 26.2 Å². The van der Waals surface area contributed by atoms with E-state index in [2.05, 4.69) is 31.3 Å². The first-order chi connectivity index (χ1) is 28.9. The fraction of sp³-hybridized carbons (Fsp3) is 0. The van der Waals surface area contributed by atoms with Crippen molar-refractivity contribution in [3.8, 4) is 33.2 Å². The molecule has 0 fully saturated rings. The molecule has 6 heterocycles. The standard InChI is InChI=1S/C23H15N3O2S.C12H8N3S.C11H7ClO2/c27-22(20-11-10-19(28-20)15-6-2-1-3-7-15)25-17-9-5-4-8-16(17)23-26-18-12-13-24-14-21(18)29-23;13-9-4-2-1-3-8(9)12-15-10-5-6-14-7-11(10)16-12;12-11(13)10-7-6-9(14-10)8-4-2-1-3-5-8/h1-14H,(H,25,27);1,3-7H,13H2;1-7H/q;+1;. The predicted octanol–water partition coefficient (Wildman–Crippen LogP) is 11.5. The zero-order valence-corrected chi connectivity index (χ0v) is 33.2. The number of fused-ring (bicyclic) bond motifs is 2. The molecule has 59 heavy (non-hydrogen) atoms. The minimum Gasteiger partial charge on any atom is -0.452 e. The first-order valence-electron chi connectivity index (χ1n) is 18.0. The lowest BCUT2D eigenvalue weighted by Crippen LogP contribution is -2.11. The van der Waals surface area contributed by atoms with Crippen LogP contribution >= 0.6 is 34.3 Å². The van der Waals surface area contributed by atoms with Gasteiger partial charge in [0, 0.05) is 47.6 Å². The molecule has 10 nitrogen and oxygen atoms in total. The quantitative estimate of drug-likeness (QED) is 0.118. The van der Waals surface area contributed by atoms with Crippen molar-refractivity contribution in [2.45, 2.75) is 0 Å². The molecule has 3 aromatic carbocycles. The number of amides is 1. The van der Waals surface area contributed by atoms with Gasteiger partial charge in [-0.05, 0) is 60.1 Å². The summed E-state index contributed by atoms with van der Waals surface area (Å²) in [6.45, 7) is 0. The van der Waals surface area contributed by atoms with Crippen LogP contribution in [0, 0.1) is 6.08 Å². The number of carbonyl (C=O) groups excluding carboxylic acids is 2. The first-order valence-corrected chi connectivity index (χ1v) is 20.0. The van der Waals surface area contributed by atoms with Crippen LogP contribution < -0.4 is 11.1 Å². The topological polar surface area (TPSA) is 150 Å². The fourth-order valence-electron chi connectivity index (χ4n) is 5.81. The van der Waals surface area contributed by atoms with Crippen molar-refractivity contribution in [1.29, 1.82) is 0 Å². The SMILES string of the molecule is NC1=C(c2nc3ccncc3s2)C=C[C+]=C1.O=C(Cl)c1ccc(-c2ccccc2)o1.O=C(Nc1ccccc1-c1nc2ccncc2s1)c1ccc(-c2ccccc2)o1. The molecule has 0 bridgehead atoms. The maximum Gasteiger partial charge on any atom is 0.291 e. The van der Waals surface area contributed by atoms with Gasteiger partial charge in [-0.15, -0.1) is 22.7 Å². The number of furan rings is 2. The maximum absolute atomic E-state index is 12.8. The van der Waals surface area contributed by atoms with E-state index in [-0.39, 0.29) is 17.4 Å². The molecule has 0 radical (unpaired) electrons. The van der Waals surface area contributed by atoms with E-state index in [0.29, 0.717) is 22.9 Å². The molecule has 0 aliphatic heterocycles.